The number of likely N-dealkylation sites (tertiary alicyclic amines) is 1. The van der Waals surface area contributed by atoms with Gasteiger partial charge in [-0.05, 0) is 72.5 Å². The monoisotopic (exact) mass is 529 g/mol. The number of fused-ring (bicyclic) bond motifs is 1. The number of nitrogens with zero attached hydrogens (tertiary/aromatic N) is 1. The van der Waals surface area contributed by atoms with Crippen LogP contribution in [-0.4, -0.2) is 29.8 Å². The molecule has 0 unspecified atom stereocenters. The first-order valence-corrected chi connectivity index (χ1v) is 12.0. The molecule has 0 aliphatic carbocycles. The molecule has 2 N–H and O–H groups in total. The topological polar surface area (TPSA) is 61.4 Å². The predicted molar refractivity (Wildman–Crippen MR) is 140 cm³/mol. The van der Waals surface area contributed by atoms with Gasteiger partial charge in [-0.3, -0.25) is 14.5 Å². The first-order valence-electron chi connectivity index (χ1n) is 12.0. The number of piperidine rings is 1. The Morgan fingerprint density at radius 1 is 0.973 bits per heavy atom. The van der Waals surface area contributed by atoms with Gasteiger partial charge in [0.2, 0.25) is 5.91 Å². The van der Waals surface area contributed by atoms with Crippen molar-refractivity contribution in [2.75, 3.05) is 23.7 Å². The highest BCUT2D eigenvalue weighted by molar-refractivity contribution is 6.06. The first-order chi connectivity index (χ1) is 17.3. The Hall–Kier alpha value is -3.36. The summed E-state index contributed by atoms with van der Waals surface area (Å²) in [6.07, 6.45) is -1.49. The summed E-state index contributed by atoms with van der Waals surface area (Å²) in [5.74, 6) is -1.01. The number of nitrogens with one attached hydrogen (secondary N) is 2. The van der Waals surface area contributed by atoms with E-state index in [2.05, 4.69) is 15.5 Å². The lowest BCUT2D eigenvalue weighted by molar-refractivity contribution is -0.138. The highest BCUT2D eigenvalue weighted by Gasteiger charge is 2.37. The SMILES string of the molecule is Cl.O=C1Cc2c(cc(NC(=O)c3ccc(-c4ccccc4)c(CN4CCCCC4)c3)cc2C(F)(F)F)N1. The summed E-state index contributed by atoms with van der Waals surface area (Å²) in [6.45, 7) is 2.67. The molecule has 1 saturated heterocycles. The minimum absolute atomic E-state index is 0. The molecule has 0 bridgehead atoms. The molecule has 2 amide bonds. The Kier molecular flexibility index (Phi) is 7.90. The van der Waals surface area contributed by atoms with Crippen LogP contribution in [0.4, 0.5) is 24.5 Å². The number of benzene rings is 3. The Bertz CT molecular complexity index is 1310. The van der Waals surface area contributed by atoms with Crippen LogP contribution in [0.1, 0.15) is 46.3 Å². The summed E-state index contributed by atoms with van der Waals surface area (Å²) in [5, 5.41) is 5.05. The zero-order chi connectivity index (χ0) is 25.3. The number of rotatable bonds is 5. The van der Waals surface area contributed by atoms with E-state index in [-0.39, 0.29) is 35.8 Å². The van der Waals surface area contributed by atoms with Crippen LogP contribution in [0.15, 0.2) is 60.7 Å². The Balaban J connectivity index is 0.00000320. The molecule has 2 aliphatic heterocycles. The van der Waals surface area contributed by atoms with Crippen LogP contribution in [-0.2, 0) is 23.9 Å². The molecule has 5 rings (SSSR count). The second-order valence-corrected chi connectivity index (χ2v) is 9.30. The van der Waals surface area contributed by atoms with Crippen LogP contribution in [0, 0.1) is 0 Å². The summed E-state index contributed by atoms with van der Waals surface area (Å²) in [7, 11) is 0. The summed E-state index contributed by atoms with van der Waals surface area (Å²) in [6, 6.07) is 17.6. The third kappa shape index (κ3) is 5.97. The van der Waals surface area contributed by atoms with Gasteiger partial charge < -0.3 is 10.6 Å². The second kappa shape index (κ2) is 10.9. The number of amides is 2. The molecule has 0 aromatic heterocycles. The average molecular weight is 530 g/mol. The van der Waals surface area contributed by atoms with Crippen molar-refractivity contribution in [1.29, 1.82) is 0 Å². The molecule has 1 fully saturated rings. The number of carbonyl (C=O) groups excluding carboxylic acids is 2. The molecule has 194 valence electrons. The lowest BCUT2D eigenvalue weighted by atomic mass is 9.96. The van der Waals surface area contributed by atoms with Gasteiger partial charge in [-0.2, -0.15) is 13.2 Å². The van der Waals surface area contributed by atoms with E-state index in [0.29, 0.717) is 12.1 Å². The molecule has 0 saturated carbocycles. The lowest BCUT2D eigenvalue weighted by Crippen LogP contribution is -2.29. The Morgan fingerprint density at radius 3 is 2.41 bits per heavy atom. The molecule has 0 radical (unpaired) electrons. The smallest absolute Gasteiger partial charge is 0.325 e. The highest BCUT2D eigenvalue weighted by Crippen LogP contribution is 2.40. The summed E-state index contributed by atoms with van der Waals surface area (Å²) in [4.78, 5) is 27.2. The second-order valence-electron chi connectivity index (χ2n) is 9.30. The van der Waals surface area contributed by atoms with Crippen LogP contribution in [0.25, 0.3) is 11.1 Å². The highest BCUT2D eigenvalue weighted by atomic mass is 35.5. The summed E-state index contributed by atoms with van der Waals surface area (Å²) >= 11 is 0. The van der Waals surface area contributed by atoms with Crippen molar-refractivity contribution in [1.82, 2.24) is 4.90 Å². The fraction of sp³-hybridized carbons (Fsp3) is 0.286. The maximum atomic E-state index is 13.6. The molecule has 9 heteroatoms. The van der Waals surface area contributed by atoms with Crippen molar-refractivity contribution >= 4 is 35.6 Å². The standard InChI is InChI=1S/C28H26F3N3O2.ClH/c29-28(30,31)24-14-21(15-25-23(24)16-26(35)33-25)32-27(36)19-9-10-22(18-7-3-1-4-8-18)20(13-19)17-34-11-5-2-6-12-34;/h1,3-4,7-10,13-15H,2,5-6,11-12,16-17H2,(H,32,36)(H,33,35);1H. The zero-order valence-electron chi connectivity index (χ0n) is 20.0. The van der Waals surface area contributed by atoms with E-state index in [1.165, 1.54) is 12.5 Å². The molecule has 37 heavy (non-hydrogen) atoms. The maximum Gasteiger partial charge on any atom is 0.416 e. The largest absolute Gasteiger partial charge is 0.416 e. The van der Waals surface area contributed by atoms with Crippen LogP contribution in [0.3, 0.4) is 0 Å². The van der Waals surface area contributed by atoms with E-state index in [0.717, 1.165) is 48.7 Å². The number of hydrogen-bond acceptors (Lipinski definition) is 3. The van der Waals surface area contributed by atoms with Gasteiger partial charge in [-0.1, -0.05) is 42.8 Å². The van der Waals surface area contributed by atoms with Gasteiger partial charge in [0.1, 0.15) is 0 Å². The van der Waals surface area contributed by atoms with Crippen LogP contribution >= 0.6 is 12.4 Å². The van der Waals surface area contributed by atoms with Gasteiger partial charge in [-0.15, -0.1) is 12.4 Å². The molecule has 3 aromatic carbocycles. The molecule has 3 aromatic rings. The zero-order valence-corrected chi connectivity index (χ0v) is 20.8. The fourth-order valence-corrected chi connectivity index (χ4v) is 4.98. The van der Waals surface area contributed by atoms with Crippen molar-refractivity contribution < 1.29 is 22.8 Å². The fourth-order valence-electron chi connectivity index (χ4n) is 4.98. The molecular weight excluding hydrogens is 503 g/mol. The lowest BCUT2D eigenvalue weighted by Gasteiger charge is -2.27. The van der Waals surface area contributed by atoms with Gasteiger partial charge in [0, 0.05) is 23.5 Å². The van der Waals surface area contributed by atoms with Gasteiger partial charge in [-0.25, -0.2) is 0 Å². The number of alkyl halides is 3. The minimum Gasteiger partial charge on any atom is -0.325 e. The van der Waals surface area contributed by atoms with E-state index >= 15 is 0 Å². The van der Waals surface area contributed by atoms with Gasteiger partial charge in [0.25, 0.3) is 5.91 Å². The van der Waals surface area contributed by atoms with E-state index in [4.69, 9.17) is 0 Å². The van der Waals surface area contributed by atoms with Crippen molar-refractivity contribution in [3.05, 3.63) is 82.9 Å². The molecule has 5 nitrogen and oxygen atoms in total. The Morgan fingerprint density at radius 2 is 1.70 bits per heavy atom. The van der Waals surface area contributed by atoms with Crippen LogP contribution in [0.5, 0.6) is 0 Å². The third-order valence-corrected chi connectivity index (χ3v) is 6.72. The van der Waals surface area contributed by atoms with Crippen molar-refractivity contribution in [2.24, 2.45) is 0 Å². The average Bonchev–Trinajstić information content (AvgIpc) is 3.24. The normalized spacial score (nSPS) is 15.5. The predicted octanol–water partition coefficient (Wildman–Crippen LogP) is 6.53. The summed E-state index contributed by atoms with van der Waals surface area (Å²) < 4.78 is 40.9. The Labute approximate surface area is 219 Å². The van der Waals surface area contributed by atoms with Crippen molar-refractivity contribution in [2.45, 2.75) is 38.4 Å². The quantitative estimate of drug-likeness (QED) is 0.395. The number of carbonyl (C=O) groups is 2. The molecule has 0 spiro atoms. The van der Waals surface area contributed by atoms with Crippen LogP contribution < -0.4 is 10.6 Å². The van der Waals surface area contributed by atoms with Gasteiger partial charge in [0.05, 0.1) is 12.0 Å². The van der Waals surface area contributed by atoms with Crippen molar-refractivity contribution in [3.8, 4) is 11.1 Å². The molecule has 0 atom stereocenters. The van der Waals surface area contributed by atoms with Gasteiger partial charge in [0.15, 0.2) is 0 Å². The molecule has 2 aliphatic rings. The van der Waals surface area contributed by atoms with E-state index in [9.17, 15) is 22.8 Å². The van der Waals surface area contributed by atoms with Gasteiger partial charge >= 0.3 is 6.18 Å². The summed E-state index contributed by atoms with van der Waals surface area (Å²) in [5.41, 5.74) is 2.47. The third-order valence-electron chi connectivity index (χ3n) is 6.72. The number of anilines is 2. The van der Waals surface area contributed by atoms with Crippen LogP contribution in [0.2, 0.25) is 0 Å². The minimum atomic E-state index is -4.64. The molecular formula is C28H27ClF3N3O2. The van der Waals surface area contributed by atoms with E-state index < -0.39 is 23.6 Å². The maximum absolute atomic E-state index is 13.6. The van der Waals surface area contributed by atoms with E-state index in [1.807, 2.05) is 42.5 Å². The molecule has 2 heterocycles. The number of halogens is 4. The number of hydrogen-bond donors (Lipinski definition) is 2. The first kappa shape index (κ1) is 26.7. The van der Waals surface area contributed by atoms with E-state index in [1.54, 1.807) is 6.07 Å². The van der Waals surface area contributed by atoms with Crippen molar-refractivity contribution in [3.63, 3.8) is 0 Å².